The van der Waals surface area contributed by atoms with Crippen molar-refractivity contribution in [3.63, 3.8) is 0 Å². The molecule has 7 heteroatoms. The standard InChI is InChI=1S/C11H10N4O3/c16-11(12-7-9-4-5-13-14-9)8-2-1-3-10(6-8)15(17)18/h1-6H,7H2,(H,12,16)(H,13,14). The highest BCUT2D eigenvalue weighted by Gasteiger charge is 2.11. The van der Waals surface area contributed by atoms with Crippen LogP contribution in [0.4, 0.5) is 5.69 Å². The van der Waals surface area contributed by atoms with E-state index in [0.29, 0.717) is 6.54 Å². The highest BCUT2D eigenvalue weighted by atomic mass is 16.6. The summed E-state index contributed by atoms with van der Waals surface area (Å²) in [4.78, 5) is 21.8. The molecule has 0 aliphatic rings. The Labute approximate surface area is 102 Å². The summed E-state index contributed by atoms with van der Waals surface area (Å²) in [5.41, 5.74) is 0.904. The van der Waals surface area contributed by atoms with Crippen LogP contribution in [-0.2, 0) is 6.54 Å². The lowest BCUT2D eigenvalue weighted by atomic mass is 10.2. The van der Waals surface area contributed by atoms with Crippen LogP contribution in [-0.4, -0.2) is 21.0 Å². The summed E-state index contributed by atoms with van der Waals surface area (Å²) in [6.07, 6.45) is 1.58. The second kappa shape index (κ2) is 5.09. The van der Waals surface area contributed by atoms with E-state index in [9.17, 15) is 14.9 Å². The number of carbonyl (C=O) groups excluding carboxylic acids is 1. The van der Waals surface area contributed by atoms with Gasteiger partial charge in [-0.2, -0.15) is 5.10 Å². The first kappa shape index (κ1) is 11.8. The molecule has 0 saturated carbocycles. The Morgan fingerprint density at radius 2 is 2.28 bits per heavy atom. The van der Waals surface area contributed by atoms with Crippen molar-refractivity contribution >= 4 is 11.6 Å². The number of hydrogen-bond donors (Lipinski definition) is 2. The van der Waals surface area contributed by atoms with Gasteiger partial charge in [-0.25, -0.2) is 0 Å². The van der Waals surface area contributed by atoms with Crippen LogP contribution in [0, 0.1) is 10.1 Å². The minimum absolute atomic E-state index is 0.107. The zero-order valence-electron chi connectivity index (χ0n) is 9.29. The van der Waals surface area contributed by atoms with Crippen molar-refractivity contribution in [3.05, 3.63) is 57.9 Å². The summed E-state index contributed by atoms with van der Waals surface area (Å²) >= 11 is 0. The van der Waals surface area contributed by atoms with Gasteiger partial charge < -0.3 is 5.32 Å². The fourth-order valence-corrected chi connectivity index (χ4v) is 1.42. The molecule has 0 bridgehead atoms. The minimum atomic E-state index is -0.536. The molecule has 2 N–H and O–H groups in total. The average molecular weight is 246 g/mol. The van der Waals surface area contributed by atoms with Gasteiger partial charge in [0.1, 0.15) is 0 Å². The first-order chi connectivity index (χ1) is 8.66. The Hall–Kier alpha value is -2.70. The molecule has 18 heavy (non-hydrogen) atoms. The molecule has 0 unspecified atom stereocenters. The highest BCUT2D eigenvalue weighted by Crippen LogP contribution is 2.12. The molecule has 0 atom stereocenters. The molecular weight excluding hydrogens is 236 g/mol. The van der Waals surface area contributed by atoms with E-state index in [1.807, 2.05) is 0 Å². The molecule has 92 valence electrons. The van der Waals surface area contributed by atoms with E-state index in [2.05, 4.69) is 15.5 Å². The van der Waals surface area contributed by atoms with Crippen molar-refractivity contribution in [1.29, 1.82) is 0 Å². The van der Waals surface area contributed by atoms with Gasteiger partial charge in [0.25, 0.3) is 11.6 Å². The molecule has 2 aromatic rings. The van der Waals surface area contributed by atoms with Crippen molar-refractivity contribution in [2.75, 3.05) is 0 Å². The third-order valence-electron chi connectivity index (χ3n) is 2.32. The Morgan fingerprint density at radius 1 is 1.44 bits per heavy atom. The molecule has 0 aliphatic heterocycles. The number of rotatable bonds is 4. The largest absolute Gasteiger partial charge is 0.346 e. The molecule has 1 aromatic carbocycles. The van der Waals surface area contributed by atoms with Gasteiger partial charge in [-0.15, -0.1) is 0 Å². The van der Waals surface area contributed by atoms with Gasteiger partial charge in [0.05, 0.1) is 17.2 Å². The van der Waals surface area contributed by atoms with Crippen LogP contribution in [0.5, 0.6) is 0 Å². The van der Waals surface area contributed by atoms with Crippen molar-refractivity contribution in [1.82, 2.24) is 15.5 Å². The molecule has 1 amide bonds. The van der Waals surface area contributed by atoms with Crippen molar-refractivity contribution in [3.8, 4) is 0 Å². The fourth-order valence-electron chi connectivity index (χ4n) is 1.42. The zero-order chi connectivity index (χ0) is 13.0. The molecule has 1 aromatic heterocycles. The summed E-state index contributed by atoms with van der Waals surface area (Å²) in [5.74, 6) is -0.367. The topological polar surface area (TPSA) is 101 Å². The van der Waals surface area contributed by atoms with Gasteiger partial charge in [-0.3, -0.25) is 20.0 Å². The second-order valence-electron chi connectivity index (χ2n) is 3.57. The SMILES string of the molecule is O=C(NCc1ccn[nH]1)c1cccc([N+](=O)[O-])c1. The molecule has 0 fully saturated rings. The van der Waals surface area contributed by atoms with Gasteiger partial charge in [-0.05, 0) is 12.1 Å². The molecule has 0 spiro atoms. The third kappa shape index (κ3) is 2.70. The van der Waals surface area contributed by atoms with E-state index in [4.69, 9.17) is 0 Å². The molecule has 0 radical (unpaired) electrons. The number of aromatic amines is 1. The fraction of sp³-hybridized carbons (Fsp3) is 0.0909. The van der Waals surface area contributed by atoms with Crippen LogP contribution >= 0.6 is 0 Å². The lowest BCUT2D eigenvalue weighted by Crippen LogP contribution is -2.23. The molecule has 7 nitrogen and oxygen atoms in total. The summed E-state index contributed by atoms with van der Waals surface area (Å²) in [6.45, 7) is 0.293. The van der Waals surface area contributed by atoms with Crippen LogP contribution in [0.3, 0.4) is 0 Å². The van der Waals surface area contributed by atoms with Gasteiger partial charge >= 0.3 is 0 Å². The maximum atomic E-state index is 11.7. The van der Waals surface area contributed by atoms with E-state index in [1.54, 1.807) is 12.3 Å². The Morgan fingerprint density at radius 3 is 2.94 bits per heavy atom. The number of H-pyrrole nitrogens is 1. The summed E-state index contributed by atoms with van der Waals surface area (Å²) in [5, 5.41) is 19.7. The summed E-state index contributed by atoms with van der Waals surface area (Å²) in [6, 6.07) is 7.31. The lowest BCUT2D eigenvalue weighted by molar-refractivity contribution is -0.384. The number of nitro groups is 1. The molecule has 1 heterocycles. The number of aromatic nitrogens is 2. The van der Waals surface area contributed by atoms with Crippen LogP contribution in [0.25, 0.3) is 0 Å². The predicted molar refractivity (Wildman–Crippen MR) is 62.9 cm³/mol. The molecule has 0 saturated heterocycles. The predicted octanol–water partition coefficient (Wildman–Crippen LogP) is 1.25. The first-order valence-corrected chi connectivity index (χ1v) is 5.18. The van der Waals surface area contributed by atoms with Crippen LogP contribution in [0.15, 0.2) is 36.5 Å². The van der Waals surface area contributed by atoms with Crippen molar-refractivity contribution in [2.24, 2.45) is 0 Å². The second-order valence-corrected chi connectivity index (χ2v) is 3.57. The van der Waals surface area contributed by atoms with Crippen molar-refractivity contribution < 1.29 is 9.72 Å². The van der Waals surface area contributed by atoms with E-state index in [0.717, 1.165) is 5.69 Å². The van der Waals surface area contributed by atoms with E-state index < -0.39 is 4.92 Å². The normalized spacial score (nSPS) is 10.0. The zero-order valence-corrected chi connectivity index (χ0v) is 9.29. The quantitative estimate of drug-likeness (QED) is 0.626. The average Bonchev–Trinajstić information content (AvgIpc) is 2.89. The number of non-ortho nitro benzene ring substituents is 1. The van der Waals surface area contributed by atoms with E-state index in [1.165, 1.54) is 24.3 Å². The lowest BCUT2D eigenvalue weighted by Gasteiger charge is -2.03. The maximum absolute atomic E-state index is 11.7. The summed E-state index contributed by atoms with van der Waals surface area (Å²) < 4.78 is 0. The molecule has 0 aliphatic carbocycles. The number of hydrogen-bond acceptors (Lipinski definition) is 4. The number of benzene rings is 1. The Bertz CT molecular complexity index is 565. The third-order valence-corrected chi connectivity index (χ3v) is 2.32. The van der Waals surface area contributed by atoms with Crippen LogP contribution < -0.4 is 5.32 Å². The van der Waals surface area contributed by atoms with Crippen LogP contribution in [0.1, 0.15) is 16.1 Å². The number of nitrogens with zero attached hydrogens (tertiary/aromatic N) is 2. The number of amides is 1. The molecular formula is C11H10N4O3. The number of nitro benzene ring substituents is 1. The number of carbonyl (C=O) groups is 1. The van der Waals surface area contributed by atoms with Gasteiger partial charge in [0, 0.05) is 23.9 Å². The van der Waals surface area contributed by atoms with E-state index in [-0.39, 0.29) is 17.2 Å². The van der Waals surface area contributed by atoms with Gasteiger partial charge in [0.2, 0.25) is 0 Å². The smallest absolute Gasteiger partial charge is 0.270 e. The van der Waals surface area contributed by atoms with Gasteiger partial charge in [0.15, 0.2) is 0 Å². The summed E-state index contributed by atoms with van der Waals surface area (Å²) in [7, 11) is 0. The number of nitrogens with one attached hydrogen (secondary N) is 2. The van der Waals surface area contributed by atoms with E-state index >= 15 is 0 Å². The first-order valence-electron chi connectivity index (χ1n) is 5.18. The Balaban J connectivity index is 2.04. The minimum Gasteiger partial charge on any atom is -0.346 e. The molecule has 2 rings (SSSR count). The van der Waals surface area contributed by atoms with Crippen molar-refractivity contribution in [2.45, 2.75) is 6.54 Å². The highest BCUT2D eigenvalue weighted by molar-refractivity contribution is 5.94. The monoisotopic (exact) mass is 246 g/mol. The Kier molecular flexibility index (Phi) is 3.33. The van der Waals surface area contributed by atoms with Gasteiger partial charge in [-0.1, -0.05) is 6.07 Å². The van der Waals surface area contributed by atoms with Crippen LogP contribution in [0.2, 0.25) is 0 Å². The maximum Gasteiger partial charge on any atom is 0.270 e.